The normalized spacial score (nSPS) is 15.6. The summed E-state index contributed by atoms with van der Waals surface area (Å²) < 4.78 is 27.9. The predicted molar refractivity (Wildman–Crippen MR) is 128 cm³/mol. The third-order valence-corrected chi connectivity index (χ3v) is 5.54. The van der Waals surface area contributed by atoms with E-state index in [1.54, 1.807) is 30.3 Å². The number of hydrogen-bond acceptors (Lipinski definition) is 2. The van der Waals surface area contributed by atoms with Crippen molar-refractivity contribution in [1.82, 2.24) is 4.90 Å². The number of hydrogen-bond donors (Lipinski definition) is 2. The van der Waals surface area contributed by atoms with Crippen molar-refractivity contribution in [3.8, 4) is 0 Å². The molecule has 5 nitrogen and oxygen atoms in total. The number of amidine groups is 1. The molecule has 0 aromatic heterocycles. The molecule has 0 radical (unpaired) electrons. The number of guanidine groups is 1. The van der Waals surface area contributed by atoms with Gasteiger partial charge in [0.05, 0.1) is 6.10 Å². The quantitative estimate of drug-likeness (QED) is 0.424. The van der Waals surface area contributed by atoms with E-state index in [9.17, 15) is 13.9 Å². The molecule has 33 heavy (non-hydrogen) atoms. The summed E-state index contributed by atoms with van der Waals surface area (Å²) in [6.07, 6.45) is 0.793. The Morgan fingerprint density at radius 2 is 1.61 bits per heavy atom. The number of benzene rings is 3. The summed E-state index contributed by atoms with van der Waals surface area (Å²) in [7, 11) is 0. The van der Waals surface area contributed by atoms with Gasteiger partial charge in [0, 0.05) is 24.3 Å². The molecule has 1 fully saturated rings. The molecule has 1 aliphatic rings. The van der Waals surface area contributed by atoms with Gasteiger partial charge in [0.15, 0.2) is 0 Å². The second-order valence-electron chi connectivity index (χ2n) is 7.99. The van der Waals surface area contributed by atoms with Gasteiger partial charge in [0.2, 0.25) is 5.96 Å². The third kappa shape index (κ3) is 5.81. The Bertz CT molecular complexity index is 1150. The summed E-state index contributed by atoms with van der Waals surface area (Å²) in [5.41, 5.74) is 2.69. The predicted octanol–water partition coefficient (Wildman–Crippen LogP) is 5.28. The molecule has 3 aromatic rings. The van der Waals surface area contributed by atoms with Gasteiger partial charge < -0.3 is 15.3 Å². The largest absolute Gasteiger partial charge is 0.393 e. The van der Waals surface area contributed by atoms with E-state index < -0.39 is 5.82 Å². The number of rotatable bonds is 3. The van der Waals surface area contributed by atoms with Crippen LogP contribution in [0.1, 0.15) is 24.0 Å². The van der Waals surface area contributed by atoms with Crippen molar-refractivity contribution in [1.29, 1.82) is 0 Å². The summed E-state index contributed by atoms with van der Waals surface area (Å²) >= 11 is 0. The number of likely N-dealkylation sites (tertiary alicyclic amines) is 1. The minimum Gasteiger partial charge on any atom is -0.393 e. The summed E-state index contributed by atoms with van der Waals surface area (Å²) in [6, 6.07) is 20.1. The van der Waals surface area contributed by atoms with Crippen molar-refractivity contribution < 1.29 is 13.9 Å². The highest BCUT2D eigenvalue weighted by atomic mass is 19.1. The monoisotopic (exact) mass is 448 g/mol. The lowest BCUT2D eigenvalue weighted by molar-refractivity contribution is 0.109. The van der Waals surface area contributed by atoms with Gasteiger partial charge in [0.1, 0.15) is 23.2 Å². The van der Waals surface area contributed by atoms with Crippen molar-refractivity contribution in [2.45, 2.75) is 25.9 Å². The van der Waals surface area contributed by atoms with E-state index in [2.05, 4.69) is 10.3 Å². The number of nitrogens with zero attached hydrogens (tertiary/aromatic N) is 3. The van der Waals surface area contributed by atoms with Gasteiger partial charge in [-0.2, -0.15) is 4.99 Å². The lowest BCUT2D eigenvalue weighted by Gasteiger charge is -2.30. The Kier molecular flexibility index (Phi) is 7.10. The molecule has 0 spiro atoms. The molecule has 7 heteroatoms. The molecule has 4 rings (SSSR count). The number of aliphatic hydroxyl groups excluding tert-OH is 1. The van der Waals surface area contributed by atoms with Crippen molar-refractivity contribution in [2.75, 3.05) is 18.4 Å². The van der Waals surface area contributed by atoms with E-state index in [0.29, 0.717) is 43.4 Å². The highest BCUT2D eigenvalue weighted by Gasteiger charge is 2.21. The van der Waals surface area contributed by atoms with Gasteiger partial charge in [-0.3, -0.25) is 0 Å². The third-order valence-electron chi connectivity index (χ3n) is 5.54. The first kappa shape index (κ1) is 22.6. The zero-order valence-corrected chi connectivity index (χ0v) is 18.4. The zero-order chi connectivity index (χ0) is 23.2. The molecule has 170 valence electrons. The Morgan fingerprint density at radius 1 is 0.939 bits per heavy atom. The van der Waals surface area contributed by atoms with E-state index in [4.69, 9.17) is 4.99 Å². The number of para-hydroxylation sites is 1. The molecule has 1 heterocycles. The summed E-state index contributed by atoms with van der Waals surface area (Å²) in [5.74, 6) is 0.0931. The Hall–Kier alpha value is -3.58. The molecule has 1 aliphatic heterocycles. The SMILES string of the molecule is Cc1ccccc1/C(=N/C(=Nc1ccccc1F)N1CCC(O)CC1)Nc1ccc(F)cc1. The summed E-state index contributed by atoms with van der Waals surface area (Å²) in [6.45, 7) is 3.08. The number of aryl methyl sites for hydroxylation is 1. The van der Waals surface area contributed by atoms with Gasteiger partial charge >= 0.3 is 0 Å². The average Bonchev–Trinajstić information content (AvgIpc) is 2.82. The fourth-order valence-corrected chi connectivity index (χ4v) is 3.65. The molecule has 0 amide bonds. The first-order chi connectivity index (χ1) is 16.0. The van der Waals surface area contributed by atoms with Crippen molar-refractivity contribution in [3.05, 3.63) is 95.6 Å². The van der Waals surface area contributed by atoms with Gasteiger partial charge in [0.25, 0.3) is 0 Å². The van der Waals surface area contributed by atoms with Gasteiger partial charge in [-0.15, -0.1) is 0 Å². The van der Waals surface area contributed by atoms with E-state index in [-0.39, 0.29) is 17.6 Å². The molecule has 2 N–H and O–H groups in total. The van der Waals surface area contributed by atoms with Gasteiger partial charge in [-0.25, -0.2) is 13.8 Å². The molecule has 0 unspecified atom stereocenters. The lowest BCUT2D eigenvalue weighted by Crippen LogP contribution is -2.40. The van der Waals surface area contributed by atoms with Crippen LogP contribution in [0.2, 0.25) is 0 Å². The maximum atomic E-state index is 14.4. The number of aliphatic hydroxyl groups is 1. The van der Waals surface area contributed by atoms with E-state index >= 15 is 0 Å². The molecule has 0 atom stereocenters. The van der Waals surface area contributed by atoms with Crippen LogP contribution in [0.3, 0.4) is 0 Å². The van der Waals surface area contributed by atoms with Crippen LogP contribution in [0.5, 0.6) is 0 Å². The highest BCUT2D eigenvalue weighted by molar-refractivity contribution is 6.14. The van der Waals surface area contributed by atoms with Crippen molar-refractivity contribution in [2.24, 2.45) is 9.98 Å². The van der Waals surface area contributed by atoms with Crippen LogP contribution in [0.4, 0.5) is 20.2 Å². The number of halogens is 2. The maximum Gasteiger partial charge on any atom is 0.227 e. The fourth-order valence-electron chi connectivity index (χ4n) is 3.65. The van der Waals surface area contributed by atoms with Crippen LogP contribution in [-0.4, -0.2) is 41.0 Å². The minimum absolute atomic E-state index is 0.188. The van der Waals surface area contributed by atoms with Crippen molar-refractivity contribution >= 4 is 23.2 Å². The number of nitrogens with one attached hydrogen (secondary N) is 1. The molecule has 0 saturated carbocycles. The molecular weight excluding hydrogens is 422 g/mol. The van der Waals surface area contributed by atoms with Crippen LogP contribution in [0.15, 0.2) is 82.8 Å². The van der Waals surface area contributed by atoms with Crippen LogP contribution < -0.4 is 5.32 Å². The van der Waals surface area contributed by atoms with Crippen LogP contribution in [0.25, 0.3) is 0 Å². The van der Waals surface area contributed by atoms with Gasteiger partial charge in [-0.05, 0) is 61.7 Å². The van der Waals surface area contributed by atoms with Gasteiger partial charge in [-0.1, -0.05) is 36.4 Å². The molecule has 0 bridgehead atoms. The molecule has 0 aliphatic carbocycles. The second kappa shape index (κ2) is 10.4. The van der Waals surface area contributed by atoms with E-state index in [1.165, 1.54) is 18.2 Å². The Morgan fingerprint density at radius 3 is 2.30 bits per heavy atom. The van der Waals surface area contributed by atoms with Crippen LogP contribution >= 0.6 is 0 Å². The lowest BCUT2D eigenvalue weighted by atomic mass is 10.1. The number of anilines is 1. The fraction of sp³-hybridized carbons (Fsp3) is 0.231. The minimum atomic E-state index is -0.439. The Labute approximate surface area is 192 Å². The standard InChI is InChI=1S/C26H26F2N4O/c1-18-6-2-3-7-22(18)25(29-20-12-10-19(27)11-13-20)31-26(32-16-14-21(33)15-17-32)30-24-9-5-4-8-23(24)28/h2-13,21,33H,14-17H2,1H3,(H,29,30,31). The first-order valence-corrected chi connectivity index (χ1v) is 10.9. The van der Waals surface area contributed by atoms with Crippen LogP contribution in [0, 0.1) is 18.6 Å². The summed E-state index contributed by atoms with van der Waals surface area (Å²) in [4.78, 5) is 11.4. The first-order valence-electron chi connectivity index (χ1n) is 10.9. The average molecular weight is 449 g/mol. The smallest absolute Gasteiger partial charge is 0.227 e. The van der Waals surface area contributed by atoms with E-state index in [1.807, 2.05) is 36.1 Å². The second-order valence-corrected chi connectivity index (χ2v) is 7.99. The molecular formula is C26H26F2N4O. The highest BCUT2D eigenvalue weighted by Crippen LogP contribution is 2.21. The van der Waals surface area contributed by atoms with Crippen LogP contribution in [-0.2, 0) is 0 Å². The molecule has 3 aromatic carbocycles. The zero-order valence-electron chi connectivity index (χ0n) is 18.4. The van der Waals surface area contributed by atoms with Crippen molar-refractivity contribution in [3.63, 3.8) is 0 Å². The summed E-state index contributed by atoms with van der Waals surface area (Å²) in [5, 5.41) is 13.2. The van der Waals surface area contributed by atoms with E-state index in [0.717, 1.165) is 11.1 Å². The topological polar surface area (TPSA) is 60.2 Å². The Balaban J connectivity index is 1.80. The molecule has 1 saturated heterocycles. The number of piperidine rings is 1. The maximum absolute atomic E-state index is 14.4. The number of aliphatic imine (C=N–C) groups is 2.